The molecule has 1 rings (SSSR count). The monoisotopic (exact) mass is 227 g/mol. The van der Waals surface area contributed by atoms with Crippen LogP contribution in [-0.4, -0.2) is 12.3 Å². The number of ketones is 1. The Bertz CT molecular complexity index is 286. The molecule has 0 spiro atoms. The number of benzene rings is 1. The van der Waals surface area contributed by atoms with Crippen molar-refractivity contribution in [3.63, 3.8) is 0 Å². The van der Waals surface area contributed by atoms with E-state index in [1.807, 2.05) is 24.3 Å². The SMILES string of the molecule is CC(=O)CNc1ccccc1Br. The summed E-state index contributed by atoms with van der Waals surface area (Å²) in [6.45, 7) is 1.94. The summed E-state index contributed by atoms with van der Waals surface area (Å²) in [5.74, 6) is 0.130. The number of rotatable bonds is 3. The minimum Gasteiger partial charge on any atom is -0.377 e. The third-order valence-corrected chi connectivity index (χ3v) is 2.09. The van der Waals surface area contributed by atoms with E-state index in [1.165, 1.54) is 0 Å². The Labute approximate surface area is 80.1 Å². The fraction of sp³-hybridized carbons (Fsp3) is 0.222. The van der Waals surface area contributed by atoms with Gasteiger partial charge in [0.15, 0.2) is 0 Å². The maximum atomic E-state index is 10.7. The predicted octanol–water partition coefficient (Wildman–Crippen LogP) is 2.45. The summed E-state index contributed by atoms with van der Waals surface area (Å²) < 4.78 is 0.978. The van der Waals surface area contributed by atoms with Crippen molar-refractivity contribution in [3.05, 3.63) is 28.7 Å². The minimum atomic E-state index is 0.130. The van der Waals surface area contributed by atoms with E-state index in [0.29, 0.717) is 6.54 Å². The van der Waals surface area contributed by atoms with Crippen LogP contribution < -0.4 is 5.32 Å². The van der Waals surface area contributed by atoms with Crippen LogP contribution in [0.2, 0.25) is 0 Å². The summed E-state index contributed by atoms with van der Waals surface area (Å²) >= 11 is 3.37. The maximum Gasteiger partial charge on any atom is 0.148 e. The molecule has 0 bridgehead atoms. The molecule has 12 heavy (non-hydrogen) atoms. The number of anilines is 1. The van der Waals surface area contributed by atoms with Crippen LogP contribution in [0, 0.1) is 0 Å². The van der Waals surface area contributed by atoms with Gasteiger partial charge in [0.1, 0.15) is 5.78 Å². The Balaban J connectivity index is 2.63. The van der Waals surface area contributed by atoms with Gasteiger partial charge in [-0.1, -0.05) is 12.1 Å². The molecule has 1 aromatic rings. The highest BCUT2D eigenvalue weighted by Crippen LogP contribution is 2.20. The molecule has 0 aliphatic heterocycles. The Kier molecular flexibility index (Phi) is 3.29. The zero-order valence-electron chi connectivity index (χ0n) is 6.80. The second kappa shape index (κ2) is 4.26. The summed E-state index contributed by atoms with van der Waals surface area (Å²) in [4.78, 5) is 10.7. The fourth-order valence-corrected chi connectivity index (χ4v) is 1.25. The second-order valence-corrected chi connectivity index (χ2v) is 3.39. The van der Waals surface area contributed by atoms with E-state index < -0.39 is 0 Å². The number of halogens is 1. The molecule has 2 nitrogen and oxygen atoms in total. The molecule has 0 unspecified atom stereocenters. The molecule has 1 aromatic carbocycles. The van der Waals surface area contributed by atoms with Crippen molar-refractivity contribution in [2.45, 2.75) is 6.92 Å². The summed E-state index contributed by atoms with van der Waals surface area (Å²) in [6, 6.07) is 7.71. The van der Waals surface area contributed by atoms with E-state index in [-0.39, 0.29) is 5.78 Å². The molecule has 1 N–H and O–H groups in total. The van der Waals surface area contributed by atoms with E-state index in [4.69, 9.17) is 0 Å². The molecule has 0 amide bonds. The third-order valence-electron chi connectivity index (χ3n) is 1.40. The average Bonchev–Trinajstić information content (AvgIpc) is 2.03. The highest BCUT2D eigenvalue weighted by molar-refractivity contribution is 9.10. The quantitative estimate of drug-likeness (QED) is 0.860. The van der Waals surface area contributed by atoms with Gasteiger partial charge in [0.05, 0.1) is 6.54 Å². The number of hydrogen-bond acceptors (Lipinski definition) is 2. The zero-order valence-corrected chi connectivity index (χ0v) is 8.39. The average molecular weight is 228 g/mol. The lowest BCUT2D eigenvalue weighted by Gasteiger charge is -2.05. The van der Waals surface area contributed by atoms with Crippen molar-refractivity contribution in [2.75, 3.05) is 11.9 Å². The van der Waals surface area contributed by atoms with Gasteiger partial charge in [0.2, 0.25) is 0 Å². The van der Waals surface area contributed by atoms with Crippen molar-refractivity contribution in [2.24, 2.45) is 0 Å². The molecule has 0 heterocycles. The summed E-state index contributed by atoms with van der Waals surface area (Å²) in [7, 11) is 0. The van der Waals surface area contributed by atoms with Crippen molar-refractivity contribution in [1.82, 2.24) is 0 Å². The number of nitrogens with one attached hydrogen (secondary N) is 1. The molecule has 0 fully saturated rings. The first-order chi connectivity index (χ1) is 5.70. The molecule has 0 aliphatic rings. The summed E-state index contributed by atoms with van der Waals surface area (Å²) in [5, 5.41) is 3.02. The molecule has 0 aliphatic carbocycles. The van der Waals surface area contributed by atoms with Crippen LogP contribution in [0.15, 0.2) is 28.7 Å². The van der Waals surface area contributed by atoms with Crippen LogP contribution in [0.25, 0.3) is 0 Å². The first-order valence-electron chi connectivity index (χ1n) is 3.68. The largest absolute Gasteiger partial charge is 0.377 e. The van der Waals surface area contributed by atoms with Gasteiger partial charge in [0, 0.05) is 10.2 Å². The second-order valence-electron chi connectivity index (χ2n) is 2.54. The Hall–Kier alpha value is -0.830. The highest BCUT2D eigenvalue weighted by Gasteiger charge is 1.97. The van der Waals surface area contributed by atoms with Crippen LogP contribution in [0.1, 0.15) is 6.92 Å². The van der Waals surface area contributed by atoms with Gasteiger partial charge in [-0.3, -0.25) is 4.79 Å². The van der Waals surface area contributed by atoms with Crippen molar-refractivity contribution in [1.29, 1.82) is 0 Å². The van der Waals surface area contributed by atoms with Crippen molar-refractivity contribution >= 4 is 27.4 Å². The first kappa shape index (κ1) is 9.26. The van der Waals surface area contributed by atoms with Crippen molar-refractivity contribution < 1.29 is 4.79 Å². The molecule has 0 saturated carbocycles. The first-order valence-corrected chi connectivity index (χ1v) is 4.47. The smallest absolute Gasteiger partial charge is 0.148 e. The van der Waals surface area contributed by atoms with Crippen molar-refractivity contribution in [3.8, 4) is 0 Å². The highest BCUT2D eigenvalue weighted by atomic mass is 79.9. The molecule has 0 atom stereocenters. The van der Waals surface area contributed by atoms with Crippen LogP contribution in [0.4, 0.5) is 5.69 Å². The van der Waals surface area contributed by atoms with Crippen LogP contribution in [0.5, 0.6) is 0 Å². The third kappa shape index (κ3) is 2.66. The lowest BCUT2D eigenvalue weighted by atomic mass is 10.3. The van der Waals surface area contributed by atoms with Gasteiger partial charge in [-0.15, -0.1) is 0 Å². The molecule has 0 radical (unpaired) electrons. The van der Waals surface area contributed by atoms with Gasteiger partial charge >= 0.3 is 0 Å². The molecule has 0 aromatic heterocycles. The Morgan fingerprint density at radius 2 is 2.17 bits per heavy atom. The lowest BCUT2D eigenvalue weighted by Crippen LogP contribution is -2.09. The number of carbonyl (C=O) groups is 1. The van der Waals surface area contributed by atoms with Gasteiger partial charge in [-0.2, -0.15) is 0 Å². The van der Waals surface area contributed by atoms with E-state index in [1.54, 1.807) is 6.92 Å². The van der Waals surface area contributed by atoms with E-state index >= 15 is 0 Å². The van der Waals surface area contributed by atoms with E-state index in [2.05, 4.69) is 21.2 Å². The lowest BCUT2D eigenvalue weighted by molar-refractivity contribution is -0.115. The number of Topliss-reactive ketones (excluding diaryl/α,β-unsaturated/α-hetero) is 1. The van der Waals surface area contributed by atoms with E-state index in [9.17, 15) is 4.79 Å². The summed E-state index contributed by atoms with van der Waals surface area (Å²) in [5.41, 5.74) is 0.952. The van der Waals surface area contributed by atoms with E-state index in [0.717, 1.165) is 10.2 Å². The fourth-order valence-electron chi connectivity index (χ4n) is 0.824. The molecule has 0 saturated heterocycles. The number of carbonyl (C=O) groups excluding carboxylic acids is 1. The maximum absolute atomic E-state index is 10.7. The van der Waals surface area contributed by atoms with Gasteiger partial charge in [-0.05, 0) is 35.0 Å². The van der Waals surface area contributed by atoms with Crippen LogP contribution >= 0.6 is 15.9 Å². The number of hydrogen-bond donors (Lipinski definition) is 1. The summed E-state index contributed by atoms with van der Waals surface area (Å²) in [6.07, 6.45) is 0. The predicted molar refractivity (Wildman–Crippen MR) is 53.3 cm³/mol. The Morgan fingerprint density at radius 3 is 2.75 bits per heavy atom. The topological polar surface area (TPSA) is 29.1 Å². The van der Waals surface area contributed by atoms with Crippen LogP contribution in [-0.2, 0) is 4.79 Å². The van der Waals surface area contributed by atoms with Gasteiger partial charge < -0.3 is 5.32 Å². The number of para-hydroxylation sites is 1. The molecular formula is C9H10BrNO. The molecular weight excluding hydrogens is 218 g/mol. The Morgan fingerprint density at radius 1 is 1.50 bits per heavy atom. The molecule has 3 heteroatoms. The van der Waals surface area contributed by atoms with Gasteiger partial charge in [-0.25, -0.2) is 0 Å². The minimum absolute atomic E-state index is 0.130. The van der Waals surface area contributed by atoms with Gasteiger partial charge in [0.25, 0.3) is 0 Å². The normalized spacial score (nSPS) is 9.50. The standard InChI is InChI=1S/C9H10BrNO/c1-7(12)6-11-9-5-3-2-4-8(9)10/h2-5,11H,6H2,1H3. The van der Waals surface area contributed by atoms with Crippen LogP contribution in [0.3, 0.4) is 0 Å². The molecule has 64 valence electrons. The zero-order chi connectivity index (χ0) is 8.97.